The first kappa shape index (κ1) is 7.13. The Balaban J connectivity index is 2.72. The molecule has 0 spiro atoms. The predicted molar refractivity (Wildman–Crippen MR) is 46.9 cm³/mol. The van der Waals surface area contributed by atoms with E-state index < -0.39 is 0 Å². The summed E-state index contributed by atoms with van der Waals surface area (Å²) in [6.45, 7) is 0. The number of benzene rings is 1. The maximum absolute atomic E-state index is 9.71. The van der Waals surface area contributed by atoms with Gasteiger partial charge in [-0.05, 0) is 0 Å². The molecule has 0 aliphatic rings. The van der Waals surface area contributed by atoms with Gasteiger partial charge in [0, 0.05) is 0 Å². The van der Waals surface area contributed by atoms with E-state index in [4.69, 9.17) is 0 Å². The highest BCUT2D eigenvalue weighted by molar-refractivity contribution is 6.04. The molecule has 0 radical (unpaired) electrons. The molecule has 0 fully saturated rings. The predicted octanol–water partition coefficient (Wildman–Crippen LogP) is 0.245. The van der Waals surface area contributed by atoms with E-state index in [1.807, 2.05) is 0 Å². The van der Waals surface area contributed by atoms with Crippen LogP contribution in [-0.2, 0) is 0 Å². The third-order valence-electron chi connectivity index (χ3n) is 2.09. The summed E-state index contributed by atoms with van der Waals surface area (Å²) in [5.74, 6) is -0.165. The van der Waals surface area contributed by atoms with E-state index in [0.717, 1.165) is 0 Å². The number of H-pyrrole nitrogens is 2. The lowest BCUT2D eigenvalue weighted by Gasteiger charge is -1.97. The number of phenols is 2. The van der Waals surface area contributed by atoms with Crippen LogP contribution in [-0.4, -0.2) is 35.6 Å². The highest BCUT2D eigenvalue weighted by Gasteiger charge is 2.17. The van der Waals surface area contributed by atoms with E-state index >= 15 is 0 Å². The molecule has 0 aliphatic carbocycles. The molecule has 0 saturated carbocycles. The minimum absolute atomic E-state index is 0.0703. The van der Waals surface area contributed by atoms with Gasteiger partial charge in [0.05, 0.1) is 0 Å². The first-order valence-corrected chi connectivity index (χ1v) is 3.86. The molecular formula is C7H5N5O2. The highest BCUT2D eigenvalue weighted by atomic mass is 16.3. The lowest BCUT2D eigenvalue weighted by atomic mass is 10.2. The van der Waals surface area contributed by atoms with Crippen molar-refractivity contribution < 1.29 is 10.2 Å². The molecule has 7 heteroatoms. The fraction of sp³-hybridized carbons (Fsp3) is 0. The zero-order valence-corrected chi connectivity index (χ0v) is 6.81. The van der Waals surface area contributed by atoms with E-state index in [0.29, 0.717) is 5.52 Å². The fourth-order valence-electron chi connectivity index (χ4n) is 1.44. The Labute approximate surface area is 76.4 Å². The van der Waals surface area contributed by atoms with Gasteiger partial charge in [-0.2, -0.15) is 5.10 Å². The van der Waals surface area contributed by atoms with Crippen LogP contribution in [0.25, 0.3) is 22.1 Å². The van der Waals surface area contributed by atoms with E-state index in [-0.39, 0.29) is 28.0 Å². The van der Waals surface area contributed by atoms with Crippen molar-refractivity contribution >= 4 is 22.1 Å². The standard InChI is InChI=1S/C7H5N5O2/c13-6-2-3(9-1-8-2)7(14)5-4(6)10-12-11-5/h1,10,12-14H. The summed E-state index contributed by atoms with van der Waals surface area (Å²) in [7, 11) is 0. The highest BCUT2D eigenvalue weighted by Crippen LogP contribution is 2.36. The van der Waals surface area contributed by atoms with Crippen molar-refractivity contribution in [3.05, 3.63) is 6.33 Å². The lowest BCUT2D eigenvalue weighted by molar-refractivity contribution is 0.476. The summed E-state index contributed by atoms with van der Waals surface area (Å²) in [4.78, 5) is 7.65. The second-order valence-corrected chi connectivity index (χ2v) is 2.84. The fourth-order valence-corrected chi connectivity index (χ4v) is 1.44. The number of aromatic nitrogens is 5. The second kappa shape index (κ2) is 2.13. The van der Waals surface area contributed by atoms with Crippen LogP contribution in [0.5, 0.6) is 11.5 Å². The number of phenolic OH excluding ortho intramolecular Hbond substituents is 2. The third kappa shape index (κ3) is 0.645. The molecule has 1 aromatic carbocycles. The summed E-state index contributed by atoms with van der Waals surface area (Å²) in [5, 5.41) is 28.2. The molecule has 2 aromatic heterocycles. The number of imidazole rings is 1. The lowest BCUT2D eigenvalue weighted by Crippen LogP contribution is -1.78. The molecule has 0 atom stereocenters. The van der Waals surface area contributed by atoms with Gasteiger partial charge in [0.2, 0.25) is 0 Å². The Morgan fingerprint density at radius 1 is 1.00 bits per heavy atom. The SMILES string of the molecule is Oc1c2ncnc2c(O)c2[nH][nH]nc12. The number of aromatic amines is 2. The molecule has 0 unspecified atom stereocenters. The molecule has 70 valence electrons. The van der Waals surface area contributed by atoms with Crippen LogP contribution < -0.4 is 0 Å². The van der Waals surface area contributed by atoms with E-state index in [2.05, 4.69) is 25.4 Å². The molecule has 3 aromatic rings. The molecule has 2 heterocycles. The second-order valence-electron chi connectivity index (χ2n) is 2.84. The van der Waals surface area contributed by atoms with Gasteiger partial charge in [-0.15, -0.1) is 0 Å². The Hall–Kier alpha value is -2.31. The number of hydrogen-bond donors (Lipinski definition) is 4. The largest absolute Gasteiger partial charge is 0.504 e. The van der Waals surface area contributed by atoms with Crippen molar-refractivity contribution in [1.29, 1.82) is 0 Å². The van der Waals surface area contributed by atoms with Crippen LogP contribution in [0.4, 0.5) is 0 Å². The number of hydrogen-bond acceptors (Lipinski definition) is 5. The molecule has 7 nitrogen and oxygen atoms in total. The summed E-state index contributed by atoms with van der Waals surface area (Å²) in [6.07, 6.45) is 1.27. The number of aromatic hydroxyl groups is 2. The molecule has 14 heavy (non-hydrogen) atoms. The van der Waals surface area contributed by atoms with Crippen molar-refractivity contribution in [2.75, 3.05) is 0 Å². The van der Waals surface area contributed by atoms with Gasteiger partial charge < -0.3 is 10.2 Å². The normalized spacial score (nSPS) is 11.4. The summed E-state index contributed by atoms with van der Waals surface area (Å²) in [5.41, 5.74) is 1.06. The van der Waals surface area contributed by atoms with Crippen molar-refractivity contribution in [1.82, 2.24) is 25.4 Å². The van der Waals surface area contributed by atoms with Gasteiger partial charge in [0.15, 0.2) is 17.0 Å². The topological polar surface area (TPSA) is 111 Å². The van der Waals surface area contributed by atoms with Crippen LogP contribution in [0, 0.1) is 0 Å². The van der Waals surface area contributed by atoms with Crippen molar-refractivity contribution in [2.24, 2.45) is 0 Å². The van der Waals surface area contributed by atoms with Crippen LogP contribution in [0.2, 0.25) is 0 Å². The Morgan fingerprint density at radius 3 is 2.50 bits per heavy atom. The van der Waals surface area contributed by atoms with Gasteiger partial charge in [-0.1, -0.05) is 0 Å². The quantitative estimate of drug-likeness (QED) is 0.380. The van der Waals surface area contributed by atoms with Gasteiger partial charge in [0.25, 0.3) is 0 Å². The molecule has 0 bridgehead atoms. The number of rotatable bonds is 0. The zero-order valence-electron chi connectivity index (χ0n) is 6.81. The van der Waals surface area contributed by atoms with Crippen LogP contribution >= 0.6 is 0 Å². The zero-order chi connectivity index (χ0) is 9.71. The van der Waals surface area contributed by atoms with Crippen molar-refractivity contribution in [3.63, 3.8) is 0 Å². The minimum Gasteiger partial charge on any atom is -0.504 e. The molecule has 0 aliphatic heterocycles. The first-order chi connectivity index (χ1) is 6.79. The van der Waals surface area contributed by atoms with Gasteiger partial charge in [0.1, 0.15) is 22.9 Å². The molecule has 3 rings (SSSR count). The van der Waals surface area contributed by atoms with E-state index in [1.165, 1.54) is 6.33 Å². The summed E-state index contributed by atoms with van der Waals surface area (Å²) < 4.78 is 0. The monoisotopic (exact) mass is 191 g/mol. The van der Waals surface area contributed by atoms with E-state index in [1.54, 1.807) is 0 Å². The first-order valence-electron chi connectivity index (χ1n) is 3.86. The van der Waals surface area contributed by atoms with Gasteiger partial charge in [-0.3, -0.25) is 5.10 Å². The smallest absolute Gasteiger partial charge is 0.173 e. The number of nitrogens with zero attached hydrogens (tertiary/aromatic N) is 3. The van der Waals surface area contributed by atoms with Crippen LogP contribution in [0.3, 0.4) is 0 Å². The molecule has 0 amide bonds. The van der Waals surface area contributed by atoms with Gasteiger partial charge in [-0.25, -0.2) is 15.2 Å². The molecular weight excluding hydrogens is 186 g/mol. The Bertz CT molecular complexity index is 523. The van der Waals surface area contributed by atoms with Crippen molar-refractivity contribution in [3.8, 4) is 11.5 Å². The average Bonchev–Trinajstić information content (AvgIpc) is 2.82. The summed E-state index contributed by atoms with van der Waals surface area (Å²) >= 11 is 0. The van der Waals surface area contributed by atoms with Crippen molar-refractivity contribution in [2.45, 2.75) is 0 Å². The minimum atomic E-state index is -0.0946. The third-order valence-corrected chi connectivity index (χ3v) is 2.09. The Kier molecular flexibility index (Phi) is 1.09. The maximum atomic E-state index is 9.71. The van der Waals surface area contributed by atoms with Crippen LogP contribution in [0.1, 0.15) is 0 Å². The maximum Gasteiger partial charge on any atom is 0.173 e. The van der Waals surface area contributed by atoms with Gasteiger partial charge >= 0.3 is 0 Å². The molecule has 4 N–H and O–H groups in total. The summed E-state index contributed by atoms with van der Waals surface area (Å²) in [6, 6.07) is 0. The van der Waals surface area contributed by atoms with E-state index in [9.17, 15) is 10.2 Å². The average molecular weight is 191 g/mol. The van der Waals surface area contributed by atoms with Crippen LogP contribution in [0.15, 0.2) is 6.33 Å². The number of nitrogens with one attached hydrogen (secondary N) is 2. The Morgan fingerprint density at radius 2 is 1.71 bits per heavy atom. The molecule has 0 saturated heterocycles. The number of fused-ring (bicyclic) bond motifs is 2.